The van der Waals surface area contributed by atoms with Crippen molar-refractivity contribution in [1.82, 2.24) is 4.98 Å². The smallest absolute Gasteiger partial charge is 0.196 e. The molecule has 3 nitrogen and oxygen atoms in total. The second-order valence-corrected chi connectivity index (χ2v) is 6.98. The summed E-state index contributed by atoms with van der Waals surface area (Å²) in [6.45, 7) is 10.9. The molecule has 2 aromatic rings. The summed E-state index contributed by atoms with van der Waals surface area (Å²) in [5.41, 5.74) is 9.78. The second-order valence-electron chi connectivity index (χ2n) is 6.98. The van der Waals surface area contributed by atoms with Gasteiger partial charge in [0.25, 0.3) is 0 Å². The molecule has 1 aromatic heterocycles. The number of benzene rings is 1. The Bertz CT molecular complexity index is 576. The van der Waals surface area contributed by atoms with Crippen LogP contribution in [0.3, 0.4) is 0 Å². The molecule has 2 rings (SSSR count). The van der Waals surface area contributed by atoms with Crippen LogP contribution in [0, 0.1) is 11.3 Å². The number of oxazole rings is 1. The van der Waals surface area contributed by atoms with Gasteiger partial charge in [-0.25, -0.2) is 4.98 Å². The van der Waals surface area contributed by atoms with Gasteiger partial charge in [-0.2, -0.15) is 0 Å². The molecule has 0 bridgehead atoms. The molecule has 2 N–H and O–H groups in total. The molecule has 1 aromatic carbocycles. The Hall–Kier alpha value is -1.51. The Kier molecular flexibility index (Phi) is 3.57. The van der Waals surface area contributed by atoms with E-state index in [1.54, 1.807) is 0 Å². The van der Waals surface area contributed by atoms with Crippen LogP contribution in [-0.2, 0) is 12.8 Å². The summed E-state index contributed by atoms with van der Waals surface area (Å²) in [4.78, 5) is 4.58. The summed E-state index contributed by atoms with van der Waals surface area (Å²) in [7, 11) is 0. The number of nitrogens with zero attached hydrogens (tertiary/aromatic N) is 1. The molecule has 0 fully saturated rings. The van der Waals surface area contributed by atoms with Crippen molar-refractivity contribution in [3.63, 3.8) is 0 Å². The normalized spacial score (nSPS) is 12.5. The average molecular weight is 260 g/mol. The van der Waals surface area contributed by atoms with Crippen molar-refractivity contribution in [3.8, 4) is 0 Å². The van der Waals surface area contributed by atoms with Crippen LogP contribution in [0.15, 0.2) is 16.5 Å². The molecule has 0 radical (unpaired) electrons. The Morgan fingerprint density at radius 2 is 1.95 bits per heavy atom. The first kappa shape index (κ1) is 13.9. The van der Waals surface area contributed by atoms with Gasteiger partial charge in [0.1, 0.15) is 5.52 Å². The molecule has 0 aliphatic heterocycles. The zero-order valence-electron chi connectivity index (χ0n) is 12.6. The number of rotatable bonds is 3. The Labute approximate surface area is 115 Å². The monoisotopic (exact) mass is 260 g/mol. The topological polar surface area (TPSA) is 52.0 Å². The molecule has 3 heteroatoms. The van der Waals surface area contributed by atoms with E-state index in [9.17, 15) is 0 Å². The summed E-state index contributed by atoms with van der Waals surface area (Å²) < 4.78 is 5.80. The van der Waals surface area contributed by atoms with Crippen LogP contribution in [0.1, 0.15) is 46.1 Å². The maximum absolute atomic E-state index is 6.08. The van der Waals surface area contributed by atoms with Crippen molar-refractivity contribution in [3.05, 3.63) is 23.6 Å². The highest BCUT2D eigenvalue weighted by Gasteiger charge is 2.17. The fourth-order valence-corrected chi connectivity index (χ4v) is 2.28. The van der Waals surface area contributed by atoms with E-state index in [0.29, 0.717) is 11.6 Å². The highest BCUT2D eigenvalue weighted by Crippen LogP contribution is 2.28. The summed E-state index contributed by atoms with van der Waals surface area (Å²) in [5, 5.41) is 0. The van der Waals surface area contributed by atoms with Crippen LogP contribution in [0.2, 0.25) is 0 Å². The van der Waals surface area contributed by atoms with Gasteiger partial charge in [-0.15, -0.1) is 0 Å². The van der Waals surface area contributed by atoms with Gasteiger partial charge in [-0.1, -0.05) is 34.6 Å². The minimum absolute atomic E-state index is 0.163. The fourth-order valence-electron chi connectivity index (χ4n) is 2.28. The third-order valence-electron chi connectivity index (χ3n) is 2.95. The van der Waals surface area contributed by atoms with Crippen LogP contribution < -0.4 is 5.73 Å². The molecule has 0 aliphatic rings. The molecular weight excluding hydrogens is 236 g/mol. The average Bonchev–Trinajstić information content (AvgIpc) is 2.56. The second kappa shape index (κ2) is 4.87. The molecule has 0 saturated heterocycles. The predicted molar refractivity (Wildman–Crippen MR) is 80.1 cm³/mol. The largest absolute Gasteiger partial charge is 0.438 e. The minimum atomic E-state index is 0.163. The van der Waals surface area contributed by atoms with Crippen molar-refractivity contribution >= 4 is 16.8 Å². The van der Waals surface area contributed by atoms with Crippen molar-refractivity contribution in [2.75, 3.05) is 5.73 Å². The van der Waals surface area contributed by atoms with Gasteiger partial charge in [-0.3, -0.25) is 0 Å². The molecule has 19 heavy (non-hydrogen) atoms. The summed E-state index contributed by atoms with van der Waals surface area (Å²) in [5.74, 6) is 1.38. The van der Waals surface area contributed by atoms with E-state index in [2.05, 4.69) is 45.7 Å². The molecule has 0 saturated carbocycles. The molecule has 0 aliphatic carbocycles. The van der Waals surface area contributed by atoms with Gasteiger partial charge in [0.15, 0.2) is 11.5 Å². The minimum Gasteiger partial charge on any atom is -0.438 e. The predicted octanol–water partition coefficient (Wildman–Crippen LogP) is 4.20. The van der Waals surface area contributed by atoms with Crippen molar-refractivity contribution < 1.29 is 4.42 Å². The highest BCUT2D eigenvalue weighted by atomic mass is 16.3. The molecule has 1 heterocycles. The molecule has 104 valence electrons. The van der Waals surface area contributed by atoms with E-state index in [-0.39, 0.29) is 5.41 Å². The molecule has 0 spiro atoms. The van der Waals surface area contributed by atoms with Crippen LogP contribution >= 0.6 is 0 Å². The standard InChI is InChI=1S/C16H24N2O/c1-10(2)6-11-7-12(17)15-13(8-11)18-14(19-15)9-16(3,4)5/h7-8,10H,6,9,17H2,1-5H3. The lowest BCUT2D eigenvalue weighted by molar-refractivity contribution is 0.362. The first-order chi connectivity index (χ1) is 8.74. The van der Waals surface area contributed by atoms with E-state index in [4.69, 9.17) is 10.2 Å². The van der Waals surface area contributed by atoms with Gasteiger partial charge in [0.05, 0.1) is 5.69 Å². The first-order valence-electron chi connectivity index (χ1n) is 6.92. The number of hydrogen-bond acceptors (Lipinski definition) is 3. The Balaban J connectivity index is 2.39. The third kappa shape index (κ3) is 3.49. The Morgan fingerprint density at radius 3 is 2.53 bits per heavy atom. The lowest BCUT2D eigenvalue weighted by Crippen LogP contribution is -2.09. The zero-order valence-corrected chi connectivity index (χ0v) is 12.6. The molecule has 0 unspecified atom stereocenters. The third-order valence-corrected chi connectivity index (χ3v) is 2.95. The molecular formula is C16H24N2O. The highest BCUT2D eigenvalue weighted by molar-refractivity contribution is 5.85. The number of aromatic nitrogens is 1. The maximum Gasteiger partial charge on any atom is 0.196 e. The SMILES string of the molecule is CC(C)Cc1cc(N)c2oc(CC(C)(C)C)nc2c1. The summed E-state index contributed by atoms with van der Waals surface area (Å²) >= 11 is 0. The Morgan fingerprint density at radius 1 is 1.26 bits per heavy atom. The van der Waals surface area contributed by atoms with E-state index < -0.39 is 0 Å². The number of nitrogens with two attached hydrogens (primary N) is 1. The lowest BCUT2D eigenvalue weighted by atomic mass is 9.92. The quantitative estimate of drug-likeness (QED) is 0.841. The summed E-state index contributed by atoms with van der Waals surface area (Å²) in [6, 6.07) is 4.11. The van der Waals surface area contributed by atoms with E-state index in [1.807, 2.05) is 6.07 Å². The van der Waals surface area contributed by atoms with Crippen molar-refractivity contribution in [2.24, 2.45) is 11.3 Å². The van der Waals surface area contributed by atoms with Crippen LogP contribution in [0.5, 0.6) is 0 Å². The van der Waals surface area contributed by atoms with Crippen LogP contribution in [0.25, 0.3) is 11.1 Å². The van der Waals surface area contributed by atoms with Crippen molar-refractivity contribution in [2.45, 2.75) is 47.5 Å². The lowest BCUT2D eigenvalue weighted by Gasteiger charge is -2.14. The molecule has 0 amide bonds. The van der Waals surface area contributed by atoms with E-state index in [0.717, 1.165) is 29.8 Å². The van der Waals surface area contributed by atoms with E-state index >= 15 is 0 Å². The van der Waals surface area contributed by atoms with Gasteiger partial charge in [0, 0.05) is 6.42 Å². The van der Waals surface area contributed by atoms with E-state index in [1.165, 1.54) is 5.56 Å². The summed E-state index contributed by atoms with van der Waals surface area (Å²) in [6.07, 6.45) is 1.84. The number of hydrogen-bond donors (Lipinski definition) is 1. The van der Waals surface area contributed by atoms with Crippen molar-refractivity contribution in [1.29, 1.82) is 0 Å². The van der Waals surface area contributed by atoms with Gasteiger partial charge in [-0.05, 0) is 35.4 Å². The number of nitrogen functional groups attached to an aromatic ring is 1. The fraction of sp³-hybridized carbons (Fsp3) is 0.562. The maximum atomic E-state index is 6.08. The van der Waals surface area contributed by atoms with Crippen LogP contribution in [-0.4, -0.2) is 4.98 Å². The van der Waals surface area contributed by atoms with Gasteiger partial charge >= 0.3 is 0 Å². The number of fused-ring (bicyclic) bond motifs is 1. The van der Waals surface area contributed by atoms with Gasteiger partial charge < -0.3 is 10.2 Å². The first-order valence-corrected chi connectivity index (χ1v) is 6.92. The van der Waals surface area contributed by atoms with Gasteiger partial charge in [0.2, 0.25) is 0 Å². The zero-order chi connectivity index (χ0) is 14.2. The molecule has 0 atom stereocenters. The number of anilines is 1. The van der Waals surface area contributed by atoms with Crippen LogP contribution in [0.4, 0.5) is 5.69 Å².